The zero-order valence-electron chi connectivity index (χ0n) is 15.1. The predicted molar refractivity (Wildman–Crippen MR) is 98.3 cm³/mol. The molecule has 1 aliphatic heterocycles. The Morgan fingerprint density at radius 3 is 2.23 bits per heavy atom. The largest absolute Gasteiger partial charge is 0.416 e. The lowest BCUT2D eigenvalue weighted by atomic mass is 10.0. The monoisotopic (exact) mass is 449 g/mol. The number of hydrogen-bond acceptors (Lipinski definition) is 5. The quantitative estimate of drug-likeness (QED) is 0.568. The van der Waals surface area contributed by atoms with E-state index in [2.05, 4.69) is 15.1 Å². The van der Waals surface area contributed by atoms with Gasteiger partial charge in [0.25, 0.3) is 5.91 Å². The minimum Gasteiger partial charge on any atom is -0.365 e. The highest BCUT2D eigenvalue weighted by atomic mass is 32.2. The number of aliphatic imine (C=N–C) groups is 1. The van der Waals surface area contributed by atoms with E-state index in [1.165, 1.54) is 18.0 Å². The Labute approximate surface area is 169 Å². The average molecular weight is 449 g/mol. The minimum absolute atomic E-state index is 0.000762. The van der Waals surface area contributed by atoms with Crippen LogP contribution in [0.1, 0.15) is 18.1 Å². The van der Waals surface area contributed by atoms with Gasteiger partial charge in [-0.25, -0.2) is 9.67 Å². The molecule has 0 bridgehead atoms. The molecule has 1 aromatic heterocycles. The van der Waals surface area contributed by atoms with Gasteiger partial charge in [-0.1, -0.05) is 6.92 Å². The van der Waals surface area contributed by atoms with Crippen LogP contribution in [0.25, 0.3) is 17.6 Å². The molecule has 0 saturated heterocycles. The minimum atomic E-state index is -4.99. The van der Waals surface area contributed by atoms with Crippen LogP contribution >= 0.6 is 11.8 Å². The van der Waals surface area contributed by atoms with Gasteiger partial charge in [-0.3, -0.25) is 9.79 Å². The lowest BCUT2D eigenvalue weighted by Crippen LogP contribution is -2.19. The maximum absolute atomic E-state index is 13.0. The van der Waals surface area contributed by atoms with E-state index in [-0.39, 0.29) is 22.7 Å². The van der Waals surface area contributed by atoms with Crippen molar-refractivity contribution in [1.82, 2.24) is 14.8 Å². The van der Waals surface area contributed by atoms with Crippen molar-refractivity contribution >= 4 is 28.9 Å². The lowest BCUT2D eigenvalue weighted by molar-refractivity contribution is -0.143. The highest BCUT2D eigenvalue weighted by Gasteiger charge is 2.37. The number of rotatable bonds is 4. The van der Waals surface area contributed by atoms with E-state index in [1.807, 2.05) is 6.92 Å². The number of halogens is 6. The van der Waals surface area contributed by atoms with Gasteiger partial charge in [-0.2, -0.15) is 26.3 Å². The van der Waals surface area contributed by atoms with Gasteiger partial charge in [0, 0.05) is 17.0 Å². The third kappa shape index (κ3) is 4.83. The van der Waals surface area contributed by atoms with Gasteiger partial charge >= 0.3 is 12.4 Å². The summed E-state index contributed by atoms with van der Waals surface area (Å²) >= 11 is 1.30. The van der Waals surface area contributed by atoms with Gasteiger partial charge in [0.15, 0.2) is 5.82 Å². The molecule has 0 radical (unpaired) electrons. The van der Waals surface area contributed by atoms with Crippen LogP contribution in [0, 0.1) is 0 Å². The zero-order chi connectivity index (χ0) is 22.3. The van der Waals surface area contributed by atoms with Crippen molar-refractivity contribution in [2.45, 2.75) is 24.5 Å². The first-order valence-electron chi connectivity index (χ1n) is 8.28. The number of alkyl halides is 6. The van der Waals surface area contributed by atoms with E-state index in [9.17, 15) is 31.1 Å². The number of hydrogen-bond donors (Lipinski definition) is 1. The topological polar surface area (TPSA) is 86.2 Å². The molecule has 0 spiro atoms. The molecule has 2 N–H and O–H groups in total. The maximum Gasteiger partial charge on any atom is 0.416 e. The number of aromatic nitrogens is 3. The summed E-state index contributed by atoms with van der Waals surface area (Å²) in [7, 11) is 0. The molecule has 0 aliphatic carbocycles. The molecule has 1 unspecified atom stereocenters. The number of thioether (sulfide) groups is 1. The van der Waals surface area contributed by atoms with Crippen molar-refractivity contribution in [2.24, 2.45) is 10.7 Å². The summed E-state index contributed by atoms with van der Waals surface area (Å²) in [6, 6.07) is 1.06. The van der Waals surface area contributed by atoms with Crippen molar-refractivity contribution in [1.29, 1.82) is 0 Å². The van der Waals surface area contributed by atoms with Crippen LogP contribution in [0.3, 0.4) is 0 Å². The molecule has 0 fully saturated rings. The third-order valence-electron chi connectivity index (χ3n) is 3.92. The molecule has 3 rings (SSSR count). The molecule has 1 atom stereocenters. The molecular formula is C17H13F6N5OS. The summed E-state index contributed by atoms with van der Waals surface area (Å²) in [5.74, 6) is -1.20. The number of carbonyl (C=O) groups is 1. The Morgan fingerprint density at radius 1 is 1.17 bits per heavy atom. The first-order chi connectivity index (χ1) is 13.8. The fraction of sp³-hybridized carbons (Fsp3) is 0.294. The van der Waals surface area contributed by atoms with E-state index in [4.69, 9.17) is 5.73 Å². The Kier molecular flexibility index (Phi) is 5.67. The predicted octanol–water partition coefficient (Wildman–Crippen LogP) is 3.84. The fourth-order valence-electron chi connectivity index (χ4n) is 2.54. The van der Waals surface area contributed by atoms with Gasteiger partial charge in [0.1, 0.15) is 11.4 Å². The molecule has 1 aliphatic rings. The second-order valence-electron chi connectivity index (χ2n) is 6.32. The SMILES string of the molecule is CC1CN=C(/C(=C/n2cnc(-c3cc(C(F)(F)F)cc(C(F)(F)F)c3)n2)C(N)=O)S1. The molecule has 160 valence electrons. The van der Waals surface area contributed by atoms with Crippen LogP contribution in [0.5, 0.6) is 0 Å². The van der Waals surface area contributed by atoms with Crippen molar-refractivity contribution in [3.05, 3.63) is 41.2 Å². The molecule has 30 heavy (non-hydrogen) atoms. The smallest absolute Gasteiger partial charge is 0.365 e. The summed E-state index contributed by atoms with van der Waals surface area (Å²) in [5.41, 5.74) is 1.90. The maximum atomic E-state index is 13.0. The molecule has 13 heteroatoms. The lowest BCUT2D eigenvalue weighted by Gasteiger charge is -2.13. The number of carbonyl (C=O) groups excluding carboxylic acids is 1. The van der Waals surface area contributed by atoms with Crippen LogP contribution in [0.4, 0.5) is 26.3 Å². The Bertz CT molecular complexity index is 1010. The van der Waals surface area contributed by atoms with E-state index in [0.717, 1.165) is 11.0 Å². The van der Waals surface area contributed by atoms with Gasteiger partial charge in [-0.05, 0) is 18.2 Å². The Balaban J connectivity index is 2.02. The van der Waals surface area contributed by atoms with Gasteiger partial charge in [-0.15, -0.1) is 16.9 Å². The standard InChI is InChI=1S/C17H13F6N5OS/c1-8-5-25-15(30-8)12(13(24)29)6-28-7-26-14(27-28)9-2-10(16(18,19)20)4-11(3-9)17(21,22)23/h2-4,6-8H,5H2,1H3,(H2,24,29)/b12-6+. The summed E-state index contributed by atoms with van der Waals surface area (Å²) < 4.78 is 79.2. The fourth-order valence-corrected chi connectivity index (χ4v) is 3.49. The average Bonchev–Trinajstić information content (AvgIpc) is 3.26. The highest BCUT2D eigenvalue weighted by molar-refractivity contribution is 8.15. The van der Waals surface area contributed by atoms with Crippen LogP contribution in [0.2, 0.25) is 0 Å². The number of nitrogens with two attached hydrogens (primary N) is 1. The van der Waals surface area contributed by atoms with Crippen molar-refractivity contribution in [3.8, 4) is 11.4 Å². The van der Waals surface area contributed by atoms with Crippen LogP contribution in [-0.2, 0) is 17.1 Å². The third-order valence-corrected chi connectivity index (χ3v) is 5.04. The summed E-state index contributed by atoms with van der Waals surface area (Å²) in [4.78, 5) is 19.7. The zero-order valence-corrected chi connectivity index (χ0v) is 15.9. The summed E-state index contributed by atoms with van der Waals surface area (Å²) in [5, 5.41) is 4.35. The number of nitrogens with zero attached hydrogens (tertiary/aromatic N) is 4. The van der Waals surface area contributed by atoms with E-state index < -0.39 is 35.0 Å². The van der Waals surface area contributed by atoms with Gasteiger partial charge in [0.05, 0.1) is 23.2 Å². The van der Waals surface area contributed by atoms with E-state index in [1.54, 1.807) is 0 Å². The van der Waals surface area contributed by atoms with Crippen LogP contribution < -0.4 is 5.73 Å². The van der Waals surface area contributed by atoms with E-state index in [0.29, 0.717) is 23.7 Å². The van der Waals surface area contributed by atoms with Crippen molar-refractivity contribution < 1.29 is 31.1 Å². The Hall–Kier alpha value is -2.83. The van der Waals surface area contributed by atoms with Crippen LogP contribution in [-0.4, -0.2) is 37.5 Å². The molecular weight excluding hydrogens is 436 g/mol. The number of primary amides is 1. The van der Waals surface area contributed by atoms with Gasteiger partial charge < -0.3 is 5.73 Å². The second kappa shape index (κ2) is 7.78. The normalized spacial score (nSPS) is 17.9. The second-order valence-corrected chi connectivity index (χ2v) is 7.75. The summed E-state index contributed by atoms with van der Waals surface area (Å²) in [6.45, 7) is 2.36. The molecule has 6 nitrogen and oxygen atoms in total. The van der Waals surface area contributed by atoms with Crippen LogP contribution in [0.15, 0.2) is 35.1 Å². The number of amides is 1. The van der Waals surface area contributed by atoms with E-state index >= 15 is 0 Å². The first-order valence-corrected chi connectivity index (χ1v) is 9.16. The number of benzene rings is 1. The van der Waals surface area contributed by atoms with Crippen molar-refractivity contribution in [3.63, 3.8) is 0 Å². The molecule has 1 amide bonds. The molecule has 2 heterocycles. The molecule has 1 aromatic carbocycles. The Morgan fingerprint density at radius 2 is 1.77 bits per heavy atom. The molecule has 2 aromatic rings. The van der Waals surface area contributed by atoms with Crippen molar-refractivity contribution in [2.75, 3.05) is 6.54 Å². The first kappa shape index (κ1) is 21.9. The summed E-state index contributed by atoms with van der Waals surface area (Å²) in [6.07, 6.45) is -7.78. The highest BCUT2D eigenvalue weighted by Crippen LogP contribution is 2.38. The van der Waals surface area contributed by atoms with Gasteiger partial charge in [0.2, 0.25) is 0 Å². The molecule has 0 saturated carbocycles.